The molecule has 0 radical (unpaired) electrons. The molecule has 2 heterocycles. The van der Waals surface area contributed by atoms with Gasteiger partial charge in [-0.25, -0.2) is 0 Å². The highest BCUT2D eigenvalue weighted by Gasteiger charge is 2.33. The minimum Gasteiger partial charge on any atom is -0.317 e. The van der Waals surface area contributed by atoms with Crippen LogP contribution in [0.1, 0.15) is 32.1 Å². The van der Waals surface area contributed by atoms with Crippen LogP contribution >= 0.6 is 0 Å². The van der Waals surface area contributed by atoms with Gasteiger partial charge in [-0.15, -0.1) is 0 Å². The Balaban J connectivity index is 1.52. The summed E-state index contributed by atoms with van der Waals surface area (Å²) in [6.07, 6.45) is 7.14. The molecule has 3 fully saturated rings. The normalized spacial score (nSPS) is 39.7. The summed E-state index contributed by atoms with van der Waals surface area (Å²) in [4.78, 5) is 5.45. The van der Waals surface area contributed by atoms with E-state index >= 15 is 0 Å². The lowest BCUT2D eigenvalue weighted by Gasteiger charge is -2.39. The smallest absolute Gasteiger partial charge is 0.0224 e. The fourth-order valence-electron chi connectivity index (χ4n) is 4.19. The van der Waals surface area contributed by atoms with Gasteiger partial charge in [-0.3, -0.25) is 4.90 Å². The number of fused-ring (bicyclic) bond motifs is 1. The van der Waals surface area contributed by atoms with Gasteiger partial charge >= 0.3 is 0 Å². The van der Waals surface area contributed by atoms with E-state index in [-0.39, 0.29) is 0 Å². The Kier molecular flexibility index (Phi) is 3.69. The van der Waals surface area contributed by atoms with Gasteiger partial charge in [0.15, 0.2) is 0 Å². The lowest BCUT2D eigenvalue weighted by molar-refractivity contribution is 0.0889. The highest BCUT2D eigenvalue weighted by atomic mass is 15.3. The lowest BCUT2D eigenvalue weighted by atomic mass is 10.0. The summed E-state index contributed by atoms with van der Waals surface area (Å²) in [6.45, 7) is 6.68. The molecule has 0 aromatic carbocycles. The highest BCUT2D eigenvalue weighted by molar-refractivity contribution is 4.90. The summed E-state index contributed by atoms with van der Waals surface area (Å²) in [5, 5.41) is 3.51. The Morgan fingerprint density at radius 1 is 1.06 bits per heavy atom. The second-order valence-corrected chi connectivity index (χ2v) is 6.18. The molecule has 2 saturated heterocycles. The van der Waals surface area contributed by atoms with Crippen molar-refractivity contribution in [3.05, 3.63) is 0 Å². The molecular weight excluding hydrogens is 210 g/mol. The first-order valence-corrected chi connectivity index (χ1v) is 7.50. The predicted octanol–water partition coefficient (Wildman–Crippen LogP) is 1.15. The van der Waals surface area contributed by atoms with Crippen LogP contribution in [0.15, 0.2) is 0 Å². The van der Waals surface area contributed by atoms with Crippen molar-refractivity contribution in [1.29, 1.82) is 0 Å². The van der Waals surface area contributed by atoms with E-state index in [9.17, 15) is 0 Å². The lowest BCUT2D eigenvalue weighted by Crippen LogP contribution is -2.52. The zero-order valence-corrected chi connectivity index (χ0v) is 11.2. The van der Waals surface area contributed by atoms with E-state index in [0.29, 0.717) is 0 Å². The molecule has 1 N–H and O–H groups in total. The molecule has 0 bridgehead atoms. The quantitative estimate of drug-likeness (QED) is 0.794. The topological polar surface area (TPSA) is 18.5 Å². The molecule has 2 aliphatic heterocycles. The van der Waals surface area contributed by atoms with Crippen LogP contribution in [0, 0.1) is 5.92 Å². The SMILES string of the molecule is CNC1CCCC1CN1CCN2CCCC2C1. The Hall–Kier alpha value is -0.120. The van der Waals surface area contributed by atoms with Crippen molar-refractivity contribution >= 4 is 0 Å². The number of hydrogen-bond acceptors (Lipinski definition) is 3. The summed E-state index contributed by atoms with van der Waals surface area (Å²) >= 11 is 0. The number of piperazine rings is 1. The third-order valence-electron chi connectivity index (χ3n) is 5.19. The largest absolute Gasteiger partial charge is 0.317 e. The Bertz CT molecular complexity index is 256. The van der Waals surface area contributed by atoms with Gasteiger partial charge in [0.25, 0.3) is 0 Å². The Morgan fingerprint density at radius 3 is 2.88 bits per heavy atom. The van der Waals surface area contributed by atoms with E-state index < -0.39 is 0 Å². The number of nitrogens with zero attached hydrogens (tertiary/aromatic N) is 2. The van der Waals surface area contributed by atoms with Crippen LogP contribution in [0.2, 0.25) is 0 Å². The average Bonchev–Trinajstić information content (AvgIpc) is 2.96. The summed E-state index contributed by atoms with van der Waals surface area (Å²) in [5.41, 5.74) is 0. The third-order valence-corrected chi connectivity index (χ3v) is 5.19. The van der Waals surface area contributed by atoms with Gasteiger partial charge in [0.2, 0.25) is 0 Å². The first-order valence-electron chi connectivity index (χ1n) is 7.50. The van der Waals surface area contributed by atoms with E-state index in [1.54, 1.807) is 0 Å². The fraction of sp³-hybridized carbons (Fsp3) is 1.00. The second kappa shape index (κ2) is 5.25. The van der Waals surface area contributed by atoms with Gasteiger partial charge < -0.3 is 10.2 Å². The molecule has 17 heavy (non-hydrogen) atoms. The van der Waals surface area contributed by atoms with E-state index in [1.165, 1.54) is 64.8 Å². The van der Waals surface area contributed by atoms with Crippen LogP contribution in [0.5, 0.6) is 0 Å². The highest BCUT2D eigenvalue weighted by Crippen LogP contribution is 2.28. The molecule has 3 atom stereocenters. The second-order valence-electron chi connectivity index (χ2n) is 6.18. The van der Waals surface area contributed by atoms with Gasteiger partial charge in [0.1, 0.15) is 0 Å². The number of hydrogen-bond donors (Lipinski definition) is 1. The first kappa shape index (κ1) is 11.9. The summed E-state index contributed by atoms with van der Waals surface area (Å²) < 4.78 is 0. The molecule has 0 amide bonds. The molecule has 3 rings (SSSR count). The fourth-order valence-corrected chi connectivity index (χ4v) is 4.19. The predicted molar refractivity (Wildman–Crippen MR) is 71.2 cm³/mol. The molecule has 1 aliphatic carbocycles. The van der Waals surface area contributed by atoms with Gasteiger partial charge in [-0.1, -0.05) is 6.42 Å². The number of nitrogens with one attached hydrogen (secondary N) is 1. The molecule has 0 spiro atoms. The van der Waals surface area contributed by atoms with Crippen molar-refractivity contribution in [2.45, 2.75) is 44.2 Å². The average molecular weight is 237 g/mol. The molecule has 3 unspecified atom stereocenters. The van der Waals surface area contributed by atoms with Gasteiger partial charge in [-0.05, 0) is 45.2 Å². The van der Waals surface area contributed by atoms with Crippen LogP contribution in [0.25, 0.3) is 0 Å². The van der Waals surface area contributed by atoms with Gasteiger partial charge in [-0.2, -0.15) is 0 Å². The van der Waals surface area contributed by atoms with Crippen molar-refractivity contribution in [3.8, 4) is 0 Å². The van der Waals surface area contributed by atoms with E-state index in [2.05, 4.69) is 22.2 Å². The molecule has 3 heteroatoms. The Morgan fingerprint density at radius 2 is 2.00 bits per heavy atom. The van der Waals surface area contributed by atoms with E-state index in [0.717, 1.165) is 18.0 Å². The standard InChI is InChI=1S/C14H27N3/c1-15-14-6-2-4-12(14)10-16-8-9-17-7-3-5-13(17)11-16/h12-15H,2-11H2,1H3. The summed E-state index contributed by atoms with van der Waals surface area (Å²) in [6, 6.07) is 1.68. The van der Waals surface area contributed by atoms with E-state index in [4.69, 9.17) is 0 Å². The molecule has 0 aromatic rings. The minimum atomic E-state index is 0.789. The van der Waals surface area contributed by atoms with Crippen molar-refractivity contribution < 1.29 is 0 Å². The third kappa shape index (κ3) is 2.51. The van der Waals surface area contributed by atoms with Crippen molar-refractivity contribution in [1.82, 2.24) is 15.1 Å². The molecular formula is C14H27N3. The van der Waals surface area contributed by atoms with Crippen LogP contribution in [0.4, 0.5) is 0 Å². The zero-order valence-electron chi connectivity index (χ0n) is 11.2. The van der Waals surface area contributed by atoms with Crippen LogP contribution in [-0.4, -0.2) is 61.7 Å². The maximum Gasteiger partial charge on any atom is 0.0224 e. The summed E-state index contributed by atoms with van der Waals surface area (Å²) in [7, 11) is 2.14. The molecule has 0 aromatic heterocycles. The van der Waals surface area contributed by atoms with Crippen LogP contribution in [0.3, 0.4) is 0 Å². The maximum atomic E-state index is 3.51. The number of rotatable bonds is 3. The van der Waals surface area contributed by atoms with Crippen molar-refractivity contribution in [2.75, 3.05) is 39.8 Å². The first-order chi connectivity index (χ1) is 8.36. The zero-order chi connectivity index (χ0) is 11.7. The molecule has 3 aliphatic rings. The summed E-state index contributed by atoms with van der Waals surface area (Å²) in [5.74, 6) is 0.910. The van der Waals surface area contributed by atoms with Crippen molar-refractivity contribution in [2.24, 2.45) is 5.92 Å². The Labute approximate surface area is 106 Å². The van der Waals surface area contributed by atoms with Crippen LogP contribution < -0.4 is 5.32 Å². The van der Waals surface area contributed by atoms with Crippen LogP contribution in [-0.2, 0) is 0 Å². The minimum absolute atomic E-state index is 0.789. The molecule has 3 nitrogen and oxygen atoms in total. The molecule has 1 saturated carbocycles. The van der Waals surface area contributed by atoms with E-state index in [1.807, 2.05) is 0 Å². The van der Waals surface area contributed by atoms with Gasteiger partial charge in [0.05, 0.1) is 0 Å². The maximum absolute atomic E-state index is 3.51. The van der Waals surface area contributed by atoms with Gasteiger partial charge in [0, 0.05) is 38.3 Å². The monoisotopic (exact) mass is 237 g/mol. The molecule has 98 valence electrons. The van der Waals surface area contributed by atoms with Crippen molar-refractivity contribution in [3.63, 3.8) is 0 Å².